The van der Waals surface area contributed by atoms with Gasteiger partial charge in [0.05, 0.1) is 6.42 Å². The maximum absolute atomic E-state index is 12.2. The summed E-state index contributed by atoms with van der Waals surface area (Å²) in [6, 6.07) is 19.3. The fourth-order valence-electron chi connectivity index (χ4n) is 3.18. The maximum atomic E-state index is 12.2. The Bertz CT molecular complexity index is 1260. The van der Waals surface area contributed by atoms with Gasteiger partial charge in [-0.05, 0) is 73.5 Å². The average molecular weight is 568 g/mol. The third kappa shape index (κ3) is 8.76. The smallest absolute Gasteiger partial charge is 0.306 e. The van der Waals surface area contributed by atoms with Crippen molar-refractivity contribution in [2.24, 2.45) is 0 Å². The molecule has 0 aliphatic rings. The third-order valence-corrected chi connectivity index (χ3v) is 5.64. The highest BCUT2D eigenvalue weighted by Crippen LogP contribution is 2.29. The lowest BCUT2D eigenvalue weighted by molar-refractivity contribution is -0.149. The lowest BCUT2D eigenvalue weighted by atomic mass is 10.1. The van der Waals surface area contributed by atoms with Crippen LogP contribution in [0.15, 0.2) is 71.2 Å². The van der Waals surface area contributed by atoms with Gasteiger partial charge >= 0.3 is 5.97 Å². The first-order valence-corrected chi connectivity index (χ1v) is 12.1. The lowest BCUT2D eigenvalue weighted by Crippen LogP contribution is -2.43. The van der Waals surface area contributed by atoms with Crippen molar-refractivity contribution in [1.29, 1.82) is 0 Å². The summed E-state index contributed by atoms with van der Waals surface area (Å²) < 4.78 is 11.6. The van der Waals surface area contributed by atoms with Crippen LogP contribution in [0.5, 0.6) is 11.5 Å². The SMILES string of the molecule is Cc1cccc(C)c1Oc1ccc(NC(=O)CCC(=O)OCC(=O)NNC(=O)c2ccc(Br)cc2)cc1. The Morgan fingerprint density at radius 1 is 0.784 bits per heavy atom. The van der Waals surface area contributed by atoms with E-state index in [0.717, 1.165) is 21.3 Å². The zero-order chi connectivity index (χ0) is 26.8. The van der Waals surface area contributed by atoms with Crippen LogP contribution in [0.25, 0.3) is 0 Å². The molecule has 0 radical (unpaired) electrons. The Hall–Kier alpha value is -4.18. The van der Waals surface area contributed by atoms with Crippen molar-refractivity contribution < 1.29 is 28.7 Å². The molecule has 3 amide bonds. The number of amides is 3. The minimum absolute atomic E-state index is 0.124. The Kier molecular flexibility index (Phi) is 9.79. The summed E-state index contributed by atoms with van der Waals surface area (Å²) in [5.41, 5.74) is 7.31. The van der Waals surface area contributed by atoms with Gasteiger partial charge in [0.2, 0.25) is 5.91 Å². The van der Waals surface area contributed by atoms with Crippen molar-refractivity contribution in [3.63, 3.8) is 0 Å². The van der Waals surface area contributed by atoms with Gasteiger partial charge in [-0.15, -0.1) is 0 Å². The van der Waals surface area contributed by atoms with Crippen LogP contribution in [-0.2, 0) is 19.1 Å². The number of nitrogens with one attached hydrogen (secondary N) is 3. The molecule has 37 heavy (non-hydrogen) atoms. The van der Waals surface area contributed by atoms with Crippen LogP contribution in [0.2, 0.25) is 0 Å². The molecule has 0 heterocycles. The predicted molar refractivity (Wildman–Crippen MR) is 141 cm³/mol. The highest BCUT2D eigenvalue weighted by atomic mass is 79.9. The maximum Gasteiger partial charge on any atom is 0.306 e. The summed E-state index contributed by atoms with van der Waals surface area (Å²) in [6.07, 6.45) is -0.334. The van der Waals surface area contributed by atoms with E-state index in [-0.39, 0.29) is 18.7 Å². The van der Waals surface area contributed by atoms with Crippen LogP contribution >= 0.6 is 15.9 Å². The molecule has 3 aromatic rings. The molecule has 9 nitrogen and oxygen atoms in total. The zero-order valence-corrected chi connectivity index (χ0v) is 21.9. The zero-order valence-electron chi connectivity index (χ0n) is 20.3. The Balaban J connectivity index is 1.35. The molecule has 0 aliphatic carbocycles. The van der Waals surface area contributed by atoms with E-state index in [1.54, 1.807) is 48.5 Å². The number of hydrogen-bond donors (Lipinski definition) is 3. The number of carbonyl (C=O) groups is 4. The number of hydrogen-bond acceptors (Lipinski definition) is 6. The van der Waals surface area contributed by atoms with Crippen molar-refractivity contribution in [3.05, 3.63) is 87.9 Å². The van der Waals surface area contributed by atoms with Crippen molar-refractivity contribution in [2.45, 2.75) is 26.7 Å². The van der Waals surface area contributed by atoms with Gasteiger partial charge in [0.25, 0.3) is 11.8 Å². The van der Waals surface area contributed by atoms with Gasteiger partial charge in [-0.1, -0.05) is 34.1 Å². The molecule has 0 spiro atoms. The highest BCUT2D eigenvalue weighted by molar-refractivity contribution is 9.10. The molecule has 10 heteroatoms. The molecule has 0 atom stereocenters. The molecule has 0 fully saturated rings. The minimum Gasteiger partial charge on any atom is -0.457 e. The minimum atomic E-state index is -0.720. The summed E-state index contributed by atoms with van der Waals surface area (Å²) in [6.45, 7) is 3.35. The third-order valence-electron chi connectivity index (χ3n) is 5.11. The first-order chi connectivity index (χ1) is 17.7. The molecule has 0 bridgehead atoms. The largest absolute Gasteiger partial charge is 0.457 e. The summed E-state index contributed by atoms with van der Waals surface area (Å²) in [7, 11) is 0. The summed E-state index contributed by atoms with van der Waals surface area (Å²) >= 11 is 3.27. The Morgan fingerprint density at radius 3 is 2.08 bits per heavy atom. The van der Waals surface area contributed by atoms with E-state index < -0.39 is 24.4 Å². The molecular formula is C27H26BrN3O6. The predicted octanol–water partition coefficient (Wildman–Crippen LogP) is 4.58. The Labute approximate surface area is 222 Å². The van der Waals surface area contributed by atoms with Crippen LogP contribution in [0, 0.1) is 13.8 Å². The topological polar surface area (TPSA) is 123 Å². The molecule has 0 aliphatic heterocycles. The summed E-state index contributed by atoms with van der Waals surface area (Å²) in [4.78, 5) is 47.8. The van der Waals surface area contributed by atoms with Crippen molar-refractivity contribution in [3.8, 4) is 11.5 Å². The number of hydrazine groups is 1. The molecule has 3 aromatic carbocycles. The Morgan fingerprint density at radius 2 is 1.43 bits per heavy atom. The van der Waals surface area contributed by atoms with E-state index in [1.165, 1.54) is 0 Å². The van der Waals surface area contributed by atoms with Crippen molar-refractivity contribution >= 4 is 45.3 Å². The number of rotatable bonds is 9. The molecule has 0 unspecified atom stereocenters. The highest BCUT2D eigenvalue weighted by Gasteiger charge is 2.12. The number of para-hydroxylation sites is 1. The van der Waals surface area contributed by atoms with E-state index in [2.05, 4.69) is 32.1 Å². The number of esters is 1. The fourth-order valence-corrected chi connectivity index (χ4v) is 3.44. The fraction of sp³-hybridized carbons (Fsp3) is 0.185. The van der Waals surface area contributed by atoms with E-state index in [4.69, 9.17) is 9.47 Å². The van der Waals surface area contributed by atoms with Crippen LogP contribution in [0.1, 0.15) is 34.3 Å². The number of aryl methyl sites for hydroxylation is 2. The molecule has 0 saturated heterocycles. The van der Waals surface area contributed by atoms with Gasteiger partial charge < -0.3 is 14.8 Å². The number of halogens is 1. The lowest BCUT2D eigenvalue weighted by Gasteiger charge is -2.12. The summed E-state index contributed by atoms with van der Waals surface area (Å²) in [5, 5.41) is 2.70. The van der Waals surface area contributed by atoms with Crippen LogP contribution < -0.4 is 20.9 Å². The molecule has 3 N–H and O–H groups in total. The first-order valence-electron chi connectivity index (χ1n) is 11.4. The second kappa shape index (κ2) is 13.2. The van der Waals surface area contributed by atoms with E-state index in [0.29, 0.717) is 17.0 Å². The average Bonchev–Trinajstić information content (AvgIpc) is 2.88. The van der Waals surface area contributed by atoms with Gasteiger partial charge in [0, 0.05) is 22.1 Å². The standard InChI is InChI=1S/C27H26BrN3O6/c1-17-4-3-5-18(2)26(17)37-22-12-10-21(11-13-22)29-23(32)14-15-25(34)36-16-24(33)30-31-27(35)19-6-8-20(28)9-7-19/h3-13H,14-16H2,1-2H3,(H,29,32)(H,30,33)(H,31,35). The van der Waals surface area contributed by atoms with Crippen LogP contribution in [0.4, 0.5) is 5.69 Å². The molecule has 0 saturated carbocycles. The quantitative estimate of drug-likeness (QED) is 0.257. The monoisotopic (exact) mass is 567 g/mol. The van der Waals surface area contributed by atoms with Gasteiger partial charge in [-0.25, -0.2) is 0 Å². The van der Waals surface area contributed by atoms with Gasteiger partial charge in [-0.3, -0.25) is 30.0 Å². The normalized spacial score (nSPS) is 10.2. The number of benzene rings is 3. The van der Waals surface area contributed by atoms with Crippen LogP contribution in [0.3, 0.4) is 0 Å². The second-order valence-electron chi connectivity index (χ2n) is 8.07. The molecule has 3 rings (SSSR count). The molecule has 192 valence electrons. The number of anilines is 1. The molecule has 0 aromatic heterocycles. The van der Waals surface area contributed by atoms with Gasteiger partial charge in [0.15, 0.2) is 6.61 Å². The number of carbonyl (C=O) groups excluding carboxylic acids is 4. The van der Waals surface area contributed by atoms with Crippen molar-refractivity contribution in [2.75, 3.05) is 11.9 Å². The first kappa shape index (κ1) is 27.4. The van der Waals surface area contributed by atoms with Crippen molar-refractivity contribution in [1.82, 2.24) is 10.9 Å². The second-order valence-corrected chi connectivity index (χ2v) is 8.98. The van der Waals surface area contributed by atoms with Gasteiger partial charge in [-0.2, -0.15) is 0 Å². The van der Waals surface area contributed by atoms with Gasteiger partial charge in [0.1, 0.15) is 11.5 Å². The summed E-state index contributed by atoms with van der Waals surface area (Å²) in [5.74, 6) is -0.919. The molecular weight excluding hydrogens is 542 g/mol. The van der Waals surface area contributed by atoms with E-state index >= 15 is 0 Å². The van der Waals surface area contributed by atoms with E-state index in [9.17, 15) is 19.2 Å². The van der Waals surface area contributed by atoms with E-state index in [1.807, 2.05) is 32.0 Å². The number of ether oxygens (including phenoxy) is 2. The van der Waals surface area contributed by atoms with Crippen LogP contribution in [-0.4, -0.2) is 30.3 Å².